The van der Waals surface area contributed by atoms with Crippen molar-refractivity contribution in [2.45, 2.75) is 23.7 Å². The van der Waals surface area contributed by atoms with Crippen LogP contribution in [0.1, 0.15) is 13.3 Å². The Labute approximate surface area is 110 Å². The van der Waals surface area contributed by atoms with Gasteiger partial charge in [0.15, 0.2) is 0 Å². The minimum absolute atomic E-state index is 0.0590. The molecule has 1 aliphatic heterocycles. The number of nitrogens with zero attached hydrogens (tertiary/aromatic N) is 3. The fraction of sp³-hybridized carbons (Fsp3) is 0.778. The molecule has 9 heteroatoms. The van der Waals surface area contributed by atoms with Crippen LogP contribution in [0.15, 0.2) is 4.34 Å². The van der Waals surface area contributed by atoms with Crippen LogP contribution in [0, 0.1) is 5.92 Å². The van der Waals surface area contributed by atoms with E-state index < -0.39 is 10.0 Å². The van der Waals surface area contributed by atoms with Crippen LogP contribution in [0.5, 0.6) is 0 Å². The lowest BCUT2D eigenvalue weighted by atomic mass is 9.95. The van der Waals surface area contributed by atoms with E-state index >= 15 is 0 Å². The summed E-state index contributed by atoms with van der Waals surface area (Å²) in [6.45, 7) is 3.80. The van der Waals surface area contributed by atoms with Crippen molar-refractivity contribution in [3.05, 3.63) is 0 Å². The number of nitrogen functional groups attached to an aromatic ring is 1. The van der Waals surface area contributed by atoms with Crippen molar-refractivity contribution in [1.29, 1.82) is 0 Å². The molecule has 0 aliphatic carbocycles. The molecule has 0 amide bonds. The van der Waals surface area contributed by atoms with Crippen molar-refractivity contribution >= 4 is 26.5 Å². The monoisotopic (exact) mass is 291 g/mol. The molecule has 0 bridgehead atoms. The molecule has 0 spiro atoms. The molecule has 0 saturated carbocycles. The Morgan fingerprint density at radius 3 is 2.78 bits per heavy atom. The minimum Gasteiger partial charge on any atom is -0.374 e. The van der Waals surface area contributed by atoms with Crippen molar-refractivity contribution in [2.24, 2.45) is 5.92 Å². The zero-order valence-electron chi connectivity index (χ0n) is 10.3. The number of anilines is 1. The fourth-order valence-corrected chi connectivity index (χ4v) is 4.29. The average molecular weight is 291 g/mol. The highest BCUT2D eigenvalue weighted by atomic mass is 32.2. The predicted octanol–water partition coefficient (Wildman–Crippen LogP) is -0.261. The van der Waals surface area contributed by atoms with E-state index in [1.54, 1.807) is 0 Å². The molecule has 2 heterocycles. The molecule has 1 aliphatic rings. The second-order valence-electron chi connectivity index (χ2n) is 4.66. The Morgan fingerprint density at radius 1 is 1.50 bits per heavy atom. The van der Waals surface area contributed by atoms with Crippen LogP contribution in [0.2, 0.25) is 0 Å². The normalized spacial score (nSPS) is 26.3. The summed E-state index contributed by atoms with van der Waals surface area (Å²) in [5.41, 5.74) is 5.40. The van der Waals surface area contributed by atoms with Gasteiger partial charge < -0.3 is 10.6 Å². The van der Waals surface area contributed by atoms with Gasteiger partial charge in [0, 0.05) is 12.6 Å². The quantitative estimate of drug-likeness (QED) is 0.795. The van der Waals surface area contributed by atoms with Gasteiger partial charge in [0.1, 0.15) is 0 Å². The van der Waals surface area contributed by atoms with Crippen LogP contribution in [0.25, 0.3) is 0 Å². The molecule has 1 fully saturated rings. The third-order valence-corrected chi connectivity index (χ3v) is 5.68. The third-order valence-electron chi connectivity index (χ3n) is 3.07. The molecule has 7 nitrogen and oxygen atoms in total. The van der Waals surface area contributed by atoms with E-state index in [1.807, 2.05) is 14.0 Å². The number of aromatic nitrogens is 2. The second kappa shape index (κ2) is 5.08. The molecule has 0 radical (unpaired) electrons. The van der Waals surface area contributed by atoms with Gasteiger partial charge in [0.05, 0.1) is 0 Å². The van der Waals surface area contributed by atoms with Gasteiger partial charge in [-0.1, -0.05) is 18.3 Å². The molecule has 102 valence electrons. The highest BCUT2D eigenvalue weighted by Gasteiger charge is 2.30. The van der Waals surface area contributed by atoms with Gasteiger partial charge in [-0.3, -0.25) is 0 Å². The summed E-state index contributed by atoms with van der Waals surface area (Å²) in [7, 11) is -1.56. The molecule has 1 saturated heterocycles. The maximum Gasteiger partial charge on any atom is 0.270 e. The van der Waals surface area contributed by atoms with E-state index in [0.29, 0.717) is 0 Å². The van der Waals surface area contributed by atoms with Crippen molar-refractivity contribution in [1.82, 2.24) is 19.8 Å². The topological polar surface area (TPSA) is 101 Å². The van der Waals surface area contributed by atoms with Crippen molar-refractivity contribution in [3.8, 4) is 0 Å². The van der Waals surface area contributed by atoms with Crippen LogP contribution >= 0.6 is 11.3 Å². The summed E-state index contributed by atoms with van der Waals surface area (Å²) < 4.78 is 26.8. The van der Waals surface area contributed by atoms with Gasteiger partial charge in [-0.05, 0) is 25.9 Å². The summed E-state index contributed by atoms with van der Waals surface area (Å²) in [6.07, 6.45) is 0.797. The zero-order chi connectivity index (χ0) is 13.3. The first-order valence-corrected chi connectivity index (χ1v) is 7.98. The number of nitrogens with one attached hydrogen (secondary N) is 1. The number of hydrogen-bond acceptors (Lipinski definition) is 7. The maximum atomic E-state index is 12.1. The Hall–Kier alpha value is -0.770. The Balaban J connectivity index is 2.09. The van der Waals surface area contributed by atoms with Crippen LogP contribution < -0.4 is 10.5 Å². The first-order valence-electron chi connectivity index (χ1n) is 5.68. The second-order valence-corrected chi connectivity index (χ2v) is 7.56. The lowest BCUT2D eigenvalue weighted by Crippen LogP contribution is -2.48. The first kappa shape index (κ1) is 13.7. The third kappa shape index (κ3) is 2.97. The molecule has 0 aromatic carbocycles. The predicted molar refractivity (Wildman–Crippen MR) is 69.7 cm³/mol. The highest BCUT2D eigenvalue weighted by molar-refractivity contribution is 7.91. The van der Waals surface area contributed by atoms with E-state index in [0.717, 1.165) is 30.8 Å². The molecule has 1 aromatic heterocycles. The van der Waals surface area contributed by atoms with E-state index in [2.05, 4.69) is 19.8 Å². The van der Waals surface area contributed by atoms with Crippen molar-refractivity contribution in [3.63, 3.8) is 0 Å². The zero-order valence-corrected chi connectivity index (χ0v) is 12.0. The highest BCUT2D eigenvalue weighted by Crippen LogP contribution is 2.21. The van der Waals surface area contributed by atoms with Gasteiger partial charge in [-0.2, -0.15) is 0 Å². The van der Waals surface area contributed by atoms with Crippen molar-refractivity contribution in [2.75, 3.05) is 25.9 Å². The van der Waals surface area contributed by atoms with E-state index in [-0.39, 0.29) is 21.4 Å². The van der Waals surface area contributed by atoms with E-state index in [4.69, 9.17) is 5.73 Å². The lowest BCUT2D eigenvalue weighted by Gasteiger charge is -2.34. The number of piperidine rings is 1. The van der Waals surface area contributed by atoms with E-state index in [1.165, 1.54) is 0 Å². The van der Waals surface area contributed by atoms with Crippen LogP contribution in [-0.4, -0.2) is 49.7 Å². The summed E-state index contributed by atoms with van der Waals surface area (Å²) in [6, 6.07) is -0.0590. The standard InChI is InChI=1S/C9H17N5O2S2/c1-6-5-14(2)4-3-7(6)13-18(15,16)9-12-11-8(10)17-9/h6-7,13H,3-5H2,1-2H3,(H2,10,11). The summed E-state index contributed by atoms with van der Waals surface area (Å²) in [5, 5.41) is 7.26. The number of hydrogen-bond donors (Lipinski definition) is 2. The number of rotatable bonds is 3. The lowest BCUT2D eigenvalue weighted by molar-refractivity contribution is 0.188. The maximum absolute atomic E-state index is 12.1. The molecule has 2 atom stereocenters. The Bertz CT molecular complexity index is 515. The van der Waals surface area contributed by atoms with Gasteiger partial charge in [0.25, 0.3) is 10.0 Å². The Morgan fingerprint density at radius 2 is 2.22 bits per heavy atom. The molecular formula is C9H17N5O2S2. The van der Waals surface area contributed by atoms with Crippen LogP contribution in [0.4, 0.5) is 5.13 Å². The number of likely N-dealkylation sites (tertiary alicyclic amines) is 1. The largest absolute Gasteiger partial charge is 0.374 e. The average Bonchev–Trinajstić information content (AvgIpc) is 2.70. The first-order chi connectivity index (χ1) is 8.38. The summed E-state index contributed by atoms with van der Waals surface area (Å²) >= 11 is 0.880. The van der Waals surface area contributed by atoms with Gasteiger partial charge in [0.2, 0.25) is 9.47 Å². The van der Waals surface area contributed by atoms with E-state index in [9.17, 15) is 8.42 Å². The van der Waals surface area contributed by atoms with Crippen LogP contribution in [0.3, 0.4) is 0 Å². The SMILES string of the molecule is CC1CN(C)CCC1NS(=O)(=O)c1nnc(N)s1. The number of sulfonamides is 1. The molecular weight excluding hydrogens is 274 g/mol. The molecule has 1 aromatic rings. The number of nitrogens with two attached hydrogens (primary N) is 1. The van der Waals surface area contributed by atoms with Gasteiger partial charge in [-0.25, -0.2) is 13.1 Å². The molecule has 3 N–H and O–H groups in total. The van der Waals surface area contributed by atoms with Gasteiger partial charge >= 0.3 is 0 Å². The fourth-order valence-electron chi connectivity index (χ4n) is 2.11. The smallest absolute Gasteiger partial charge is 0.270 e. The Kier molecular flexibility index (Phi) is 3.85. The minimum atomic E-state index is -3.59. The summed E-state index contributed by atoms with van der Waals surface area (Å²) in [5.74, 6) is 0.267. The molecule has 2 rings (SSSR count). The summed E-state index contributed by atoms with van der Waals surface area (Å²) in [4.78, 5) is 2.19. The molecule has 18 heavy (non-hydrogen) atoms. The van der Waals surface area contributed by atoms with Crippen LogP contribution in [-0.2, 0) is 10.0 Å². The molecule has 2 unspecified atom stereocenters. The van der Waals surface area contributed by atoms with Crippen molar-refractivity contribution < 1.29 is 8.42 Å². The van der Waals surface area contributed by atoms with Gasteiger partial charge in [-0.15, -0.1) is 10.2 Å².